The lowest BCUT2D eigenvalue weighted by atomic mass is 10.1. The first kappa shape index (κ1) is 19.6. The highest BCUT2D eigenvalue weighted by Gasteiger charge is 2.20. The largest absolute Gasteiger partial charge is 0.344 e. The van der Waals surface area contributed by atoms with Gasteiger partial charge < -0.3 is 4.57 Å². The van der Waals surface area contributed by atoms with Gasteiger partial charge >= 0.3 is 0 Å². The highest BCUT2D eigenvalue weighted by Crippen LogP contribution is 2.24. The first-order chi connectivity index (χ1) is 15.2. The predicted octanol–water partition coefficient (Wildman–Crippen LogP) is 3.96. The molecular weight excluding hydrogens is 384 g/mol. The summed E-state index contributed by atoms with van der Waals surface area (Å²) in [6, 6.07) is 10.4. The molecule has 0 saturated carbocycles. The fraction of sp³-hybridized carbons (Fsp3) is 0.280. The smallest absolute Gasteiger partial charge is 0.159 e. The topological polar surface area (TPSA) is 59.7 Å². The molecule has 156 valence electrons. The van der Waals surface area contributed by atoms with Gasteiger partial charge in [-0.1, -0.05) is 6.07 Å². The normalized spacial score (nSPS) is 13.9. The molecular formula is C25H26N6. The maximum absolute atomic E-state index is 4.83. The Morgan fingerprint density at radius 1 is 0.968 bits per heavy atom. The summed E-state index contributed by atoms with van der Waals surface area (Å²) in [6.07, 6.45) is 10.3. The Morgan fingerprint density at radius 2 is 1.84 bits per heavy atom. The number of hydrogen-bond acceptors (Lipinski definition) is 5. The minimum Gasteiger partial charge on any atom is -0.344 e. The molecule has 0 aliphatic carbocycles. The Hall–Kier alpha value is -3.38. The number of fused-ring (bicyclic) bond motifs is 1. The van der Waals surface area contributed by atoms with Crippen molar-refractivity contribution >= 4 is 0 Å². The van der Waals surface area contributed by atoms with E-state index in [0.29, 0.717) is 0 Å². The highest BCUT2D eigenvalue weighted by atomic mass is 15.1. The van der Waals surface area contributed by atoms with E-state index in [1.165, 1.54) is 33.8 Å². The summed E-state index contributed by atoms with van der Waals surface area (Å²) >= 11 is 0. The number of hydrogen-bond donors (Lipinski definition) is 0. The molecule has 0 bridgehead atoms. The number of nitrogens with zero attached hydrogens (tertiary/aromatic N) is 6. The Labute approximate surface area is 182 Å². The van der Waals surface area contributed by atoms with Crippen molar-refractivity contribution in [3.8, 4) is 11.4 Å². The number of aromatic nitrogens is 5. The number of rotatable bonds is 5. The van der Waals surface area contributed by atoms with Crippen LogP contribution >= 0.6 is 0 Å². The van der Waals surface area contributed by atoms with E-state index in [0.717, 1.165) is 44.0 Å². The first-order valence-electron chi connectivity index (χ1n) is 10.7. The Morgan fingerprint density at radius 3 is 2.65 bits per heavy atom. The zero-order chi connectivity index (χ0) is 21.2. The minimum atomic E-state index is 0.786. The molecule has 31 heavy (non-hydrogen) atoms. The lowest BCUT2D eigenvalue weighted by Gasteiger charge is -2.28. The Kier molecular flexibility index (Phi) is 5.30. The monoisotopic (exact) mass is 410 g/mol. The fourth-order valence-corrected chi connectivity index (χ4v) is 4.34. The van der Waals surface area contributed by atoms with Crippen LogP contribution in [-0.4, -0.2) is 35.9 Å². The second-order valence-electron chi connectivity index (χ2n) is 8.21. The van der Waals surface area contributed by atoms with Crippen LogP contribution < -0.4 is 0 Å². The van der Waals surface area contributed by atoms with E-state index in [4.69, 9.17) is 4.98 Å². The van der Waals surface area contributed by atoms with Gasteiger partial charge in [0.25, 0.3) is 0 Å². The lowest BCUT2D eigenvalue weighted by Crippen LogP contribution is -2.31. The minimum absolute atomic E-state index is 0.786. The van der Waals surface area contributed by atoms with Crippen LogP contribution in [0.5, 0.6) is 0 Å². The Balaban J connectivity index is 1.31. The average Bonchev–Trinajstić information content (AvgIpc) is 3.07. The quantitative estimate of drug-likeness (QED) is 0.498. The molecule has 1 aliphatic rings. The van der Waals surface area contributed by atoms with Crippen molar-refractivity contribution in [2.24, 2.45) is 0 Å². The highest BCUT2D eigenvalue weighted by molar-refractivity contribution is 5.54. The standard InChI is InChI=1S/C25H26N6/c1-18-12-22(19(2)31(18)15-20-4-3-8-27-13-20)16-30-11-7-24-23(17-30)14-28-25(29-24)21-5-9-26-10-6-21/h3-6,8-10,12-14H,7,11,15-17H2,1-2H3. The van der Waals surface area contributed by atoms with E-state index < -0.39 is 0 Å². The van der Waals surface area contributed by atoms with Crippen LogP contribution in [0.25, 0.3) is 11.4 Å². The molecule has 5 heterocycles. The third-order valence-corrected chi connectivity index (χ3v) is 6.09. The van der Waals surface area contributed by atoms with E-state index in [2.05, 4.69) is 50.4 Å². The van der Waals surface area contributed by atoms with Crippen LogP contribution in [-0.2, 0) is 26.1 Å². The predicted molar refractivity (Wildman–Crippen MR) is 120 cm³/mol. The summed E-state index contributed by atoms with van der Waals surface area (Å²) in [5.74, 6) is 0.786. The molecule has 0 N–H and O–H groups in total. The molecule has 0 atom stereocenters. The van der Waals surface area contributed by atoms with Gasteiger partial charge in [0.15, 0.2) is 5.82 Å². The molecule has 5 rings (SSSR count). The lowest BCUT2D eigenvalue weighted by molar-refractivity contribution is 0.242. The van der Waals surface area contributed by atoms with Crippen LogP contribution in [0.1, 0.15) is 33.8 Å². The van der Waals surface area contributed by atoms with Crippen molar-refractivity contribution in [1.29, 1.82) is 0 Å². The summed E-state index contributed by atoms with van der Waals surface area (Å²) in [7, 11) is 0. The molecule has 0 fully saturated rings. The van der Waals surface area contributed by atoms with Crippen LogP contribution in [0.2, 0.25) is 0 Å². The first-order valence-corrected chi connectivity index (χ1v) is 10.7. The molecule has 4 aromatic heterocycles. The molecule has 6 nitrogen and oxygen atoms in total. The van der Waals surface area contributed by atoms with Crippen molar-refractivity contribution in [3.05, 3.63) is 95.1 Å². The van der Waals surface area contributed by atoms with Gasteiger partial charge in [0.2, 0.25) is 0 Å². The van der Waals surface area contributed by atoms with Gasteiger partial charge in [-0.15, -0.1) is 0 Å². The summed E-state index contributed by atoms with van der Waals surface area (Å²) in [6.45, 7) is 8.11. The van der Waals surface area contributed by atoms with E-state index in [1.807, 2.05) is 36.8 Å². The summed E-state index contributed by atoms with van der Waals surface area (Å²) in [5, 5.41) is 0. The van der Waals surface area contributed by atoms with Crippen molar-refractivity contribution in [3.63, 3.8) is 0 Å². The van der Waals surface area contributed by atoms with Gasteiger partial charge in [0.1, 0.15) is 0 Å². The maximum Gasteiger partial charge on any atom is 0.159 e. The van der Waals surface area contributed by atoms with Crippen LogP contribution in [0, 0.1) is 13.8 Å². The second kappa shape index (κ2) is 8.40. The van der Waals surface area contributed by atoms with Gasteiger partial charge in [-0.2, -0.15) is 0 Å². The Bertz CT molecular complexity index is 1180. The molecule has 0 unspecified atom stereocenters. The molecule has 0 aromatic carbocycles. The van der Waals surface area contributed by atoms with Gasteiger partial charge in [-0.3, -0.25) is 14.9 Å². The summed E-state index contributed by atoms with van der Waals surface area (Å²) in [4.78, 5) is 20.3. The SMILES string of the molecule is Cc1cc(CN2CCc3nc(-c4ccncc4)ncc3C2)c(C)n1Cc1cccnc1. The van der Waals surface area contributed by atoms with Gasteiger partial charge in [0.05, 0.1) is 5.69 Å². The zero-order valence-electron chi connectivity index (χ0n) is 18.0. The summed E-state index contributed by atoms with van der Waals surface area (Å²) < 4.78 is 2.38. The van der Waals surface area contributed by atoms with Gasteiger partial charge in [-0.25, -0.2) is 9.97 Å². The molecule has 0 radical (unpaired) electrons. The molecule has 0 saturated heterocycles. The fourth-order valence-electron chi connectivity index (χ4n) is 4.34. The van der Waals surface area contributed by atoms with Crippen molar-refractivity contribution in [2.45, 2.75) is 39.9 Å². The van der Waals surface area contributed by atoms with Crippen LogP contribution in [0.3, 0.4) is 0 Å². The zero-order valence-corrected chi connectivity index (χ0v) is 18.0. The average molecular weight is 411 g/mol. The van der Waals surface area contributed by atoms with Crippen molar-refractivity contribution < 1.29 is 0 Å². The van der Waals surface area contributed by atoms with E-state index in [1.54, 1.807) is 12.4 Å². The molecule has 4 aromatic rings. The van der Waals surface area contributed by atoms with Crippen molar-refractivity contribution in [2.75, 3.05) is 6.54 Å². The molecule has 1 aliphatic heterocycles. The number of pyridine rings is 2. The van der Waals surface area contributed by atoms with Crippen LogP contribution in [0.4, 0.5) is 0 Å². The summed E-state index contributed by atoms with van der Waals surface area (Å²) in [5.41, 5.74) is 8.65. The molecule has 6 heteroatoms. The van der Waals surface area contributed by atoms with Crippen molar-refractivity contribution in [1.82, 2.24) is 29.4 Å². The maximum atomic E-state index is 4.83. The molecule has 0 spiro atoms. The van der Waals surface area contributed by atoms with E-state index in [-0.39, 0.29) is 0 Å². The number of aryl methyl sites for hydroxylation is 1. The van der Waals surface area contributed by atoms with Gasteiger partial charge in [0, 0.05) is 86.1 Å². The third-order valence-electron chi connectivity index (χ3n) is 6.09. The van der Waals surface area contributed by atoms with Gasteiger partial charge in [-0.05, 0) is 49.2 Å². The van der Waals surface area contributed by atoms with E-state index >= 15 is 0 Å². The second-order valence-corrected chi connectivity index (χ2v) is 8.21. The third kappa shape index (κ3) is 4.11. The van der Waals surface area contributed by atoms with Crippen LogP contribution in [0.15, 0.2) is 61.3 Å². The van der Waals surface area contributed by atoms with E-state index in [9.17, 15) is 0 Å². The molecule has 0 amide bonds.